The summed E-state index contributed by atoms with van der Waals surface area (Å²) in [6.45, 7) is 0. The average Bonchev–Trinajstić information content (AvgIpc) is 2.25. The molecule has 0 spiro atoms. The van der Waals surface area contributed by atoms with Crippen LogP contribution in [0.3, 0.4) is 0 Å². The molecule has 0 fully saturated rings. The maximum Gasteiger partial charge on any atom is 0.335 e. The van der Waals surface area contributed by atoms with Gasteiger partial charge in [-0.15, -0.1) is 0 Å². The van der Waals surface area contributed by atoms with Crippen molar-refractivity contribution in [3.05, 3.63) is 34.9 Å². The van der Waals surface area contributed by atoms with Gasteiger partial charge in [-0.3, -0.25) is 0 Å². The van der Waals surface area contributed by atoms with Gasteiger partial charge in [0.1, 0.15) is 0 Å². The Bertz CT molecular complexity index is 438. The fraction of sp³-hybridized carbons (Fsp3) is 0.273. The van der Waals surface area contributed by atoms with Crippen molar-refractivity contribution in [3.8, 4) is 6.07 Å². The summed E-state index contributed by atoms with van der Waals surface area (Å²) in [6, 6.07) is 5.54. The second-order valence-corrected chi connectivity index (χ2v) is 3.14. The number of carboxylic acid groups (broad SMARTS) is 1. The summed E-state index contributed by atoms with van der Waals surface area (Å²) < 4.78 is 25.2. The molecule has 3 nitrogen and oxygen atoms in total. The number of rotatable bonds is 4. The van der Waals surface area contributed by atoms with Crippen molar-refractivity contribution < 1.29 is 18.7 Å². The van der Waals surface area contributed by atoms with Crippen LogP contribution in [0.4, 0.5) is 8.78 Å². The molecule has 84 valence electrons. The fourth-order valence-corrected chi connectivity index (χ4v) is 1.47. The van der Waals surface area contributed by atoms with E-state index in [1.807, 2.05) is 6.07 Å². The minimum Gasteiger partial charge on any atom is -0.478 e. The zero-order valence-electron chi connectivity index (χ0n) is 8.28. The molecule has 0 saturated heterocycles. The molecule has 1 N–H and O–H groups in total. The molecule has 1 rings (SSSR count). The first-order chi connectivity index (χ1) is 7.57. The van der Waals surface area contributed by atoms with Crippen LogP contribution in [0.25, 0.3) is 0 Å². The van der Waals surface area contributed by atoms with E-state index in [4.69, 9.17) is 10.4 Å². The molecule has 0 aliphatic rings. The average molecular weight is 225 g/mol. The molecule has 16 heavy (non-hydrogen) atoms. The van der Waals surface area contributed by atoms with Crippen molar-refractivity contribution in [3.63, 3.8) is 0 Å². The van der Waals surface area contributed by atoms with E-state index in [0.29, 0.717) is 0 Å². The molecule has 0 atom stereocenters. The van der Waals surface area contributed by atoms with E-state index in [-0.39, 0.29) is 29.5 Å². The summed E-state index contributed by atoms with van der Waals surface area (Å²) in [5.41, 5.74) is -0.422. The number of nitriles is 1. The summed E-state index contributed by atoms with van der Waals surface area (Å²) in [5, 5.41) is 17.2. The zero-order chi connectivity index (χ0) is 12.1. The highest BCUT2D eigenvalue weighted by Gasteiger charge is 2.18. The van der Waals surface area contributed by atoms with Gasteiger partial charge >= 0.3 is 5.97 Å². The molecule has 0 radical (unpaired) electrons. The number of aromatic carboxylic acids is 1. The van der Waals surface area contributed by atoms with E-state index in [0.717, 1.165) is 0 Å². The van der Waals surface area contributed by atoms with Gasteiger partial charge in [0.25, 0.3) is 6.43 Å². The Hall–Kier alpha value is -1.96. The lowest BCUT2D eigenvalue weighted by atomic mass is 9.97. The second-order valence-electron chi connectivity index (χ2n) is 3.14. The van der Waals surface area contributed by atoms with E-state index < -0.39 is 12.4 Å². The Labute approximate surface area is 90.9 Å². The first kappa shape index (κ1) is 12.1. The smallest absolute Gasteiger partial charge is 0.335 e. The third kappa shape index (κ3) is 2.54. The van der Waals surface area contributed by atoms with Crippen molar-refractivity contribution in [2.75, 3.05) is 0 Å². The lowest BCUT2D eigenvalue weighted by Gasteiger charge is -2.10. The predicted octanol–water partition coefficient (Wildman–Crippen LogP) is 2.78. The Morgan fingerprint density at radius 1 is 1.50 bits per heavy atom. The Morgan fingerprint density at radius 3 is 2.69 bits per heavy atom. The van der Waals surface area contributed by atoms with Gasteiger partial charge in [-0.25, -0.2) is 13.6 Å². The maximum absolute atomic E-state index is 12.6. The molecular formula is C11H9F2NO2. The molecule has 0 heterocycles. The minimum atomic E-state index is -2.73. The third-order valence-corrected chi connectivity index (χ3v) is 2.16. The molecule has 5 heteroatoms. The SMILES string of the molecule is N#CCCc1c(C(=O)O)cccc1C(F)F. The molecular weight excluding hydrogens is 216 g/mol. The van der Waals surface area contributed by atoms with Gasteiger partial charge < -0.3 is 5.11 Å². The summed E-state index contributed by atoms with van der Waals surface area (Å²) in [7, 11) is 0. The molecule has 0 aromatic heterocycles. The van der Waals surface area contributed by atoms with Gasteiger partial charge in [0, 0.05) is 12.0 Å². The Balaban J connectivity index is 3.24. The van der Waals surface area contributed by atoms with Gasteiger partial charge in [-0.05, 0) is 18.1 Å². The van der Waals surface area contributed by atoms with E-state index in [2.05, 4.69) is 0 Å². The predicted molar refractivity (Wildman–Crippen MR) is 52.3 cm³/mol. The van der Waals surface area contributed by atoms with Crippen LogP contribution in [0.2, 0.25) is 0 Å². The number of carbonyl (C=O) groups is 1. The van der Waals surface area contributed by atoms with Crippen molar-refractivity contribution in [2.45, 2.75) is 19.3 Å². The Morgan fingerprint density at radius 2 is 2.19 bits per heavy atom. The van der Waals surface area contributed by atoms with E-state index in [1.165, 1.54) is 18.2 Å². The highest BCUT2D eigenvalue weighted by atomic mass is 19.3. The normalized spacial score (nSPS) is 10.1. The quantitative estimate of drug-likeness (QED) is 0.856. The van der Waals surface area contributed by atoms with Gasteiger partial charge in [0.05, 0.1) is 11.6 Å². The number of halogens is 2. The molecule has 0 bridgehead atoms. The topological polar surface area (TPSA) is 61.1 Å². The van der Waals surface area contributed by atoms with Crippen LogP contribution in [-0.4, -0.2) is 11.1 Å². The van der Waals surface area contributed by atoms with Gasteiger partial charge in [-0.2, -0.15) is 5.26 Å². The summed E-state index contributed by atoms with van der Waals surface area (Å²) in [6.07, 6.45) is -2.68. The number of alkyl halides is 2. The second kappa shape index (κ2) is 5.21. The van der Waals surface area contributed by atoms with Crippen LogP contribution in [0, 0.1) is 11.3 Å². The molecule has 1 aromatic carbocycles. The Kier molecular flexibility index (Phi) is 3.95. The molecule has 0 aliphatic heterocycles. The number of hydrogen-bond acceptors (Lipinski definition) is 2. The summed E-state index contributed by atoms with van der Waals surface area (Å²) in [5.74, 6) is -1.25. The van der Waals surface area contributed by atoms with E-state index in [9.17, 15) is 13.6 Å². The van der Waals surface area contributed by atoms with Crippen LogP contribution < -0.4 is 0 Å². The number of hydrogen-bond donors (Lipinski definition) is 1. The lowest BCUT2D eigenvalue weighted by molar-refractivity contribution is 0.0695. The van der Waals surface area contributed by atoms with Crippen molar-refractivity contribution in [1.29, 1.82) is 5.26 Å². The molecule has 0 amide bonds. The monoisotopic (exact) mass is 225 g/mol. The molecule has 0 saturated carbocycles. The van der Waals surface area contributed by atoms with Crippen LogP contribution in [0.1, 0.15) is 34.3 Å². The highest BCUT2D eigenvalue weighted by Crippen LogP contribution is 2.26. The van der Waals surface area contributed by atoms with Crippen LogP contribution in [-0.2, 0) is 6.42 Å². The lowest BCUT2D eigenvalue weighted by Crippen LogP contribution is -2.06. The number of nitrogens with zero attached hydrogens (tertiary/aromatic N) is 1. The van der Waals surface area contributed by atoms with Gasteiger partial charge in [-0.1, -0.05) is 12.1 Å². The summed E-state index contributed by atoms with van der Waals surface area (Å²) >= 11 is 0. The van der Waals surface area contributed by atoms with Crippen LogP contribution in [0.5, 0.6) is 0 Å². The highest BCUT2D eigenvalue weighted by molar-refractivity contribution is 5.89. The molecule has 0 aliphatic carbocycles. The maximum atomic E-state index is 12.6. The van der Waals surface area contributed by atoms with Gasteiger partial charge in [0.15, 0.2) is 0 Å². The van der Waals surface area contributed by atoms with E-state index in [1.54, 1.807) is 0 Å². The fourth-order valence-electron chi connectivity index (χ4n) is 1.47. The standard InChI is InChI=1S/C11H9F2NO2/c12-10(13)8-3-1-4-9(11(15)16)7(8)5-2-6-14/h1,3-4,10H,2,5H2,(H,15,16). The van der Waals surface area contributed by atoms with E-state index >= 15 is 0 Å². The number of benzene rings is 1. The molecule has 1 aromatic rings. The zero-order valence-corrected chi connectivity index (χ0v) is 8.28. The first-order valence-electron chi connectivity index (χ1n) is 4.58. The van der Waals surface area contributed by atoms with Crippen molar-refractivity contribution in [1.82, 2.24) is 0 Å². The number of carboxylic acids is 1. The third-order valence-electron chi connectivity index (χ3n) is 2.16. The van der Waals surface area contributed by atoms with Crippen molar-refractivity contribution >= 4 is 5.97 Å². The van der Waals surface area contributed by atoms with Crippen LogP contribution in [0.15, 0.2) is 18.2 Å². The van der Waals surface area contributed by atoms with Crippen molar-refractivity contribution in [2.24, 2.45) is 0 Å². The first-order valence-corrected chi connectivity index (χ1v) is 4.58. The van der Waals surface area contributed by atoms with Gasteiger partial charge in [0.2, 0.25) is 0 Å². The molecule has 0 unspecified atom stereocenters. The summed E-state index contributed by atoms with van der Waals surface area (Å²) in [4.78, 5) is 10.8. The largest absolute Gasteiger partial charge is 0.478 e. The van der Waals surface area contributed by atoms with Crippen LogP contribution >= 0.6 is 0 Å². The minimum absolute atomic E-state index is 0.0179.